The largest absolute Gasteiger partial charge is 0.444 e. The monoisotopic (exact) mass is 228 g/mol. The van der Waals surface area contributed by atoms with Crippen LogP contribution in [0.2, 0.25) is 0 Å². The molecule has 0 fully saturated rings. The average molecular weight is 228 g/mol. The molecule has 2 N–H and O–H groups in total. The Hall–Kier alpha value is -1.21. The van der Waals surface area contributed by atoms with Gasteiger partial charge < -0.3 is 9.73 Å². The molecule has 0 bridgehead atoms. The van der Waals surface area contributed by atoms with Gasteiger partial charge in [-0.15, -0.1) is 5.10 Å². The molecule has 0 aromatic carbocycles. The molecule has 2 aromatic heterocycles. The highest BCUT2D eigenvalue weighted by atomic mass is 32.1. The normalized spacial score (nSPS) is 10.4. The van der Waals surface area contributed by atoms with Gasteiger partial charge >= 0.3 is 0 Å². The summed E-state index contributed by atoms with van der Waals surface area (Å²) in [6.07, 6.45) is 1.68. The van der Waals surface area contributed by atoms with Crippen LogP contribution < -0.4 is 5.32 Å². The molecule has 0 atom stereocenters. The number of oxazole rings is 1. The van der Waals surface area contributed by atoms with Gasteiger partial charge in [0, 0.05) is 0 Å². The molecule has 14 heavy (non-hydrogen) atoms. The third-order valence-corrected chi connectivity index (χ3v) is 2.55. The van der Waals surface area contributed by atoms with Crippen LogP contribution in [0.15, 0.2) is 10.6 Å². The number of rotatable bonds is 3. The minimum atomic E-state index is 0.518. The smallest absolute Gasteiger partial charge is 0.213 e. The average Bonchev–Trinajstić information content (AvgIpc) is 2.72. The van der Waals surface area contributed by atoms with Crippen LogP contribution >= 0.6 is 23.6 Å². The summed E-state index contributed by atoms with van der Waals surface area (Å²) in [5, 5.41) is 10.4. The van der Waals surface area contributed by atoms with E-state index in [1.807, 2.05) is 6.92 Å². The molecule has 0 spiro atoms. The molecule has 2 aromatic rings. The number of hydrogen-bond acceptors (Lipinski definition) is 6. The summed E-state index contributed by atoms with van der Waals surface area (Å²) in [5.74, 6) is 1.44. The van der Waals surface area contributed by atoms with E-state index in [0.717, 1.165) is 10.9 Å². The fourth-order valence-electron chi connectivity index (χ4n) is 0.940. The van der Waals surface area contributed by atoms with Crippen LogP contribution in [0, 0.1) is 10.9 Å². The Morgan fingerprint density at radius 3 is 3.14 bits per heavy atom. The Bertz CT molecular complexity index is 472. The third-order valence-electron chi connectivity index (χ3n) is 1.50. The zero-order valence-corrected chi connectivity index (χ0v) is 9.04. The summed E-state index contributed by atoms with van der Waals surface area (Å²) in [5.41, 5.74) is 0. The van der Waals surface area contributed by atoms with Gasteiger partial charge in [0.2, 0.25) is 11.0 Å². The number of anilines is 1. The van der Waals surface area contributed by atoms with Gasteiger partial charge in [-0.05, 0) is 19.1 Å². The Morgan fingerprint density at radius 2 is 2.57 bits per heavy atom. The second-order valence-corrected chi connectivity index (χ2v) is 4.30. The van der Waals surface area contributed by atoms with Crippen LogP contribution in [0.5, 0.6) is 0 Å². The van der Waals surface area contributed by atoms with Gasteiger partial charge in [-0.2, -0.15) is 0 Å². The molecule has 0 radical (unpaired) electrons. The summed E-state index contributed by atoms with van der Waals surface area (Å²) in [7, 11) is 0. The first kappa shape index (κ1) is 9.35. The maximum Gasteiger partial charge on any atom is 0.213 e. The Balaban J connectivity index is 1.98. The molecule has 0 aliphatic heterocycles. The maximum absolute atomic E-state index is 5.28. The standard InChI is InChI=1S/C7H8N4OS2/c1-4-2-8-5(12-4)3-9-6-10-11-7(13)14-6/h2H,3H2,1H3,(H,9,10)(H,11,13). The van der Waals surface area contributed by atoms with E-state index in [0.29, 0.717) is 16.4 Å². The zero-order valence-electron chi connectivity index (χ0n) is 7.40. The maximum atomic E-state index is 5.28. The molecule has 5 nitrogen and oxygen atoms in total. The van der Waals surface area contributed by atoms with Gasteiger partial charge in [0.15, 0.2) is 3.95 Å². The van der Waals surface area contributed by atoms with Crippen molar-refractivity contribution in [3.8, 4) is 0 Å². The van der Waals surface area contributed by atoms with E-state index >= 15 is 0 Å². The lowest BCUT2D eigenvalue weighted by Gasteiger charge is -1.95. The first-order valence-corrected chi connectivity index (χ1v) is 5.17. The quantitative estimate of drug-likeness (QED) is 0.787. The number of aryl methyl sites for hydroxylation is 1. The Labute approximate surface area is 89.2 Å². The van der Waals surface area contributed by atoms with Crippen molar-refractivity contribution in [1.82, 2.24) is 15.2 Å². The fraction of sp³-hybridized carbons (Fsp3) is 0.286. The summed E-state index contributed by atoms with van der Waals surface area (Å²) in [4.78, 5) is 4.05. The van der Waals surface area contributed by atoms with Gasteiger partial charge in [-0.25, -0.2) is 4.98 Å². The van der Waals surface area contributed by atoms with Crippen molar-refractivity contribution in [1.29, 1.82) is 0 Å². The van der Waals surface area contributed by atoms with Crippen LogP contribution in [0.1, 0.15) is 11.7 Å². The molecule has 74 valence electrons. The Morgan fingerprint density at radius 1 is 1.71 bits per heavy atom. The van der Waals surface area contributed by atoms with Crippen molar-refractivity contribution in [3.05, 3.63) is 21.8 Å². The number of aromatic nitrogens is 3. The highest BCUT2D eigenvalue weighted by molar-refractivity contribution is 7.73. The molecule has 2 heterocycles. The van der Waals surface area contributed by atoms with Crippen molar-refractivity contribution in [2.45, 2.75) is 13.5 Å². The minimum absolute atomic E-state index is 0.518. The highest BCUT2D eigenvalue weighted by Crippen LogP contribution is 2.12. The van der Waals surface area contributed by atoms with Crippen LogP contribution in [0.25, 0.3) is 0 Å². The summed E-state index contributed by atoms with van der Waals surface area (Å²) in [6.45, 7) is 2.37. The van der Waals surface area contributed by atoms with E-state index < -0.39 is 0 Å². The van der Waals surface area contributed by atoms with Crippen LogP contribution in [-0.4, -0.2) is 15.2 Å². The van der Waals surface area contributed by atoms with Gasteiger partial charge in [-0.1, -0.05) is 11.3 Å². The van der Waals surface area contributed by atoms with Crippen molar-refractivity contribution >= 4 is 28.7 Å². The van der Waals surface area contributed by atoms with Crippen molar-refractivity contribution in [2.75, 3.05) is 5.32 Å². The third kappa shape index (κ3) is 2.18. The zero-order chi connectivity index (χ0) is 9.97. The molecule has 2 rings (SSSR count). The summed E-state index contributed by atoms with van der Waals surface area (Å²) in [6, 6.07) is 0. The second-order valence-electron chi connectivity index (χ2n) is 2.64. The number of aromatic amines is 1. The van der Waals surface area contributed by atoms with Crippen LogP contribution in [-0.2, 0) is 6.54 Å². The molecule has 0 amide bonds. The first-order valence-electron chi connectivity index (χ1n) is 3.95. The summed E-state index contributed by atoms with van der Waals surface area (Å²) >= 11 is 6.27. The first-order chi connectivity index (χ1) is 6.74. The number of nitrogens with one attached hydrogen (secondary N) is 2. The van der Waals surface area contributed by atoms with Gasteiger partial charge in [0.05, 0.1) is 12.7 Å². The topological polar surface area (TPSA) is 66.7 Å². The fourth-order valence-corrected chi connectivity index (χ4v) is 1.72. The van der Waals surface area contributed by atoms with Crippen LogP contribution in [0.4, 0.5) is 5.13 Å². The lowest BCUT2D eigenvalue weighted by Crippen LogP contribution is -1.98. The van der Waals surface area contributed by atoms with E-state index in [2.05, 4.69) is 20.5 Å². The number of H-pyrrole nitrogens is 1. The molecule has 0 unspecified atom stereocenters. The second kappa shape index (κ2) is 3.89. The van der Waals surface area contributed by atoms with Crippen molar-refractivity contribution in [3.63, 3.8) is 0 Å². The van der Waals surface area contributed by atoms with Gasteiger partial charge in [0.1, 0.15) is 5.76 Å². The number of hydrogen-bond donors (Lipinski definition) is 2. The lowest BCUT2D eigenvalue weighted by atomic mass is 10.6. The van der Waals surface area contributed by atoms with Crippen molar-refractivity contribution < 1.29 is 4.42 Å². The molecule has 7 heteroatoms. The molecular weight excluding hydrogens is 220 g/mol. The van der Waals surface area contributed by atoms with Gasteiger partial charge in [0.25, 0.3) is 0 Å². The molecule has 0 saturated carbocycles. The minimum Gasteiger partial charge on any atom is -0.444 e. The summed E-state index contributed by atoms with van der Waals surface area (Å²) < 4.78 is 5.93. The predicted molar refractivity (Wildman–Crippen MR) is 55.9 cm³/mol. The number of nitrogens with zero attached hydrogens (tertiary/aromatic N) is 2. The van der Waals surface area contributed by atoms with Gasteiger partial charge in [-0.3, -0.25) is 5.10 Å². The van der Waals surface area contributed by atoms with E-state index in [4.69, 9.17) is 16.6 Å². The highest BCUT2D eigenvalue weighted by Gasteiger charge is 2.01. The van der Waals surface area contributed by atoms with E-state index in [9.17, 15) is 0 Å². The van der Waals surface area contributed by atoms with E-state index in [1.54, 1.807) is 6.20 Å². The molecule has 0 aliphatic carbocycles. The molecule has 0 aliphatic rings. The predicted octanol–water partition coefficient (Wildman–Crippen LogP) is 2.11. The lowest BCUT2D eigenvalue weighted by molar-refractivity contribution is 0.479. The van der Waals surface area contributed by atoms with E-state index in [-0.39, 0.29) is 0 Å². The van der Waals surface area contributed by atoms with E-state index in [1.165, 1.54) is 11.3 Å². The molecule has 0 saturated heterocycles. The SMILES string of the molecule is Cc1cnc(CNc2n[nH]c(=S)s2)o1. The van der Waals surface area contributed by atoms with Crippen LogP contribution in [0.3, 0.4) is 0 Å². The molecular formula is C7H8N4OS2. The Kier molecular flexibility index (Phi) is 2.60. The van der Waals surface area contributed by atoms with Crippen molar-refractivity contribution in [2.24, 2.45) is 0 Å².